The first-order chi connectivity index (χ1) is 9.90. The SMILES string of the molecule is OCCCc1ccc(-c2cc(Cl)cc(C(F)(F)F)c2)cc1. The molecule has 0 heterocycles. The summed E-state index contributed by atoms with van der Waals surface area (Å²) in [6.45, 7) is 0.116. The zero-order chi connectivity index (χ0) is 15.5. The van der Waals surface area contributed by atoms with Gasteiger partial charge in [0.05, 0.1) is 5.56 Å². The highest BCUT2D eigenvalue weighted by Gasteiger charge is 2.31. The minimum Gasteiger partial charge on any atom is -0.396 e. The molecular weight excluding hydrogens is 301 g/mol. The van der Waals surface area contributed by atoms with Gasteiger partial charge in [-0.3, -0.25) is 0 Å². The molecule has 0 bridgehead atoms. The lowest BCUT2D eigenvalue weighted by Gasteiger charge is -2.10. The number of aliphatic hydroxyl groups is 1. The molecule has 0 amide bonds. The van der Waals surface area contributed by atoms with Crippen LogP contribution in [0.1, 0.15) is 17.5 Å². The largest absolute Gasteiger partial charge is 0.416 e. The van der Waals surface area contributed by atoms with E-state index in [9.17, 15) is 13.2 Å². The maximum atomic E-state index is 12.8. The van der Waals surface area contributed by atoms with Crippen LogP contribution >= 0.6 is 11.6 Å². The van der Waals surface area contributed by atoms with Crippen LogP contribution in [0, 0.1) is 0 Å². The van der Waals surface area contributed by atoms with Crippen molar-refractivity contribution in [1.29, 1.82) is 0 Å². The van der Waals surface area contributed by atoms with E-state index in [1.807, 2.05) is 12.1 Å². The molecule has 1 N–H and O–H groups in total. The topological polar surface area (TPSA) is 20.2 Å². The van der Waals surface area contributed by atoms with E-state index in [1.54, 1.807) is 12.1 Å². The van der Waals surface area contributed by atoms with Gasteiger partial charge in [-0.25, -0.2) is 0 Å². The van der Waals surface area contributed by atoms with Crippen molar-refractivity contribution in [3.63, 3.8) is 0 Å². The second-order valence-corrected chi connectivity index (χ2v) is 5.19. The lowest BCUT2D eigenvalue weighted by Crippen LogP contribution is -2.04. The molecule has 0 spiro atoms. The van der Waals surface area contributed by atoms with Crippen molar-refractivity contribution < 1.29 is 18.3 Å². The predicted molar refractivity (Wildman–Crippen MR) is 77.3 cm³/mol. The van der Waals surface area contributed by atoms with Crippen molar-refractivity contribution in [3.8, 4) is 11.1 Å². The van der Waals surface area contributed by atoms with E-state index >= 15 is 0 Å². The second kappa shape index (κ2) is 6.50. The molecule has 2 rings (SSSR count). The van der Waals surface area contributed by atoms with Gasteiger partial charge in [-0.2, -0.15) is 13.2 Å². The Labute approximate surface area is 126 Å². The van der Waals surface area contributed by atoms with E-state index in [0.717, 1.165) is 24.1 Å². The summed E-state index contributed by atoms with van der Waals surface area (Å²) in [4.78, 5) is 0. The number of rotatable bonds is 4. The summed E-state index contributed by atoms with van der Waals surface area (Å²) in [6, 6.07) is 10.7. The summed E-state index contributed by atoms with van der Waals surface area (Å²) < 4.78 is 38.4. The maximum absolute atomic E-state index is 12.8. The molecule has 0 aromatic heterocycles. The van der Waals surface area contributed by atoms with Crippen molar-refractivity contribution >= 4 is 11.6 Å². The minimum absolute atomic E-state index is 0.0594. The Morgan fingerprint density at radius 1 is 0.952 bits per heavy atom. The van der Waals surface area contributed by atoms with Crippen LogP contribution in [0.4, 0.5) is 13.2 Å². The molecule has 5 heteroatoms. The van der Waals surface area contributed by atoms with Crippen LogP contribution in [0.2, 0.25) is 5.02 Å². The fourth-order valence-corrected chi connectivity index (χ4v) is 2.30. The zero-order valence-electron chi connectivity index (χ0n) is 11.1. The van der Waals surface area contributed by atoms with Gasteiger partial charge in [0, 0.05) is 11.6 Å². The highest BCUT2D eigenvalue weighted by atomic mass is 35.5. The van der Waals surface area contributed by atoms with Gasteiger partial charge in [0.2, 0.25) is 0 Å². The molecule has 0 aliphatic heterocycles. The predicted octanol–water partition coefficient (Wildman–Crippen LogP) is 4.95. The molecular formula is C16H14ClF3O. The standard InChI is InChI=1S/C16H14ClF3O/c17-15-9-13(8-14(10-15)16(18,19)20)12-5-3-11(4-6-12)2-1-7-21/h3-6,8-10,21H,1-2,7H2. The van der Waals surface area contributed by atoms with Crippen LogP contribution in [0.25, 0.3) is 11.1 Å². The van der Waals surface area contributed by atoms with Crippen LogP contribution < -0.4 is 0 Å². The quantitative estimate of drug-likeness (QED) is 0.846. The monoisotopic (exact) mass is 314 g/mol. The molecule has 0 fully saturated rings. The fraction of sp³-hybridized carbons (Fsp3) is 0.250. The Morgan fingerprint density at radius 3 is 2.19 bits per heavy atom. The van der Waals surface area contributed by atoms with Gasteiger partial charge in [0.25, 0.3) is 0 Å². The second-order valence-electron chi connectivity index (χ2n) is 4.75. The first-order valence-corrected chi connectivity index (χ1v) is 6.86. The van der Waals surface area contributed by atoms with Crippen molar-refractivity contribution in [2.24, 2.45) is 0 Å². The smallest absolute Gasteiger partial charge is 0.396 e. The van der Waals surface area contributed by atoms with Crippen LogP contribution in [0.15, 0.2) is 42.5 Å². The fourth-order valence-electron chi connectivity index (χ4n) is 2.07. The molecule has 2 aromatic carbocycles. The molecule has 0 radical (unpaired) electrons. The number of halogens is 4. The first-order valence-electron chi connectivity index (χ1n) is 6.48. The summed E-state index contributed by atoms with van der Waals surface area (Å²) in [7, 11) is 0. The molecule has 0 unspecified atom stereocenters. The molecule has 0 aliphatic carbocycles. The van der Waals surface area contributed by atoms with Crippen molar-refractivity contribution in [1.82, 2.24) is 0 Å². The van der Waals surface area contributed by atoms with Crippen LogP contribution in [-0.4, -0.2) is 11.7 Å². The van der Waals surface area contributed by atoms with Gasteiger partial charge >= 0.3 is 6.18 Å². The Bertz CT molecular complexity index is 606. The number of hydrogen-bond donors (Lipinski definition) is 1. The van der Waals surface area contributed by atoms with Gasteiger partial charge in [0.1, 0.15) is 0 Å². The van der Waals surface area contributed by atoms with E-state index < -0.39 is 11.7 Å². The Balaban J connectivity index is 2.31. The lowest BCUT2D eigenvalue weighted by molar-refractivity contribution is -0.137. The third kappa shape index (κ3) is 4.22. The lowest BCUT2D eigenvalue weighted by atomic mass is 10.0. The molecule has 2 aromatic rings. The molecule has 112 valence electrons. The summed E-state index contributed by atoms with van der Waals surface area (Å²) in [5.74, 6) is 0. The Kier molecular flexibility index (Phi) is 4.91. The van der Waals surface area contributed by atoms with Crippen molar-refractivity contribution in [2.45, 2.75) is 19.0 Å². The maximum Gasteiger partial charge on any atom is 0.416 e. The number of aryl methyl sites for hydroxylation is 1. The molecule has 21 heavy (non-hydrogen) atoms. The van der Waals surface area contributed by atoms with E-state index in [2.05, 4.69) is 0 Å². The summed E-state index contributed by atoms with van der Waals surface area (Å²) in [6.07, 6.45) is -3.02. The summed E-state index contributed by atoms with van der Waals surface area (Å²) in [5, 5.41) is 8.84. The summed E-state index contributed by atoms with van der Waals surface area (Å²) >= 11 is 5.78. The van der Waals surface area contributed by atoms with Crippen LogP contribution in [-0.2, 0) is 12.6 Å². The van der Waals surface area contributed by atoms with Crippen molar-refractivity contribution in [2.75, 3.05) is 6.61 Å². The molecule has 0 saturated carbocycles. The molecule has 1 nitrogen and oxygen atoms in total. The number of aliphatic hydroxyl groups excluding tert-OH is 1. The zero-order valence-corrected chi connectivity index (χ0v) is 11.9. The normalized spacial score (nSPS) is 11.7. The third-order valence-electron chi connectivity index (χ3n) is 3.14. The van der Waals surface area contributed by atoms with Crippen LogP contribution in [0.5, 0.6) is 0 Å². The van der Waals surface area contributed by atoms with E-state index in [-0.39, 0.29) is 11.6 Å². The first kappa shape index (κ1) is 15.9. The van der Waals surface area contributed by atoms with Gasteiger partial charge in [-0.1, -0.05) is 35.9 Å². The molecule has 0 aliphatic rings. The van der Waals surface area contributed by atoms with Gasteiger partial charge in [0.15, 0.2) is 0 Å². The number of hydrogen-bond acceptors (Lipinski definition) is 1. The number of benzene rings is 2. The minimum atomic E-state index is -4.42. The van der Waals surface area contributed by atoms with E-state index in [0.29, 0.717) is 17.5 Å². The van der Waals surface area contributed by atoms with Gasteiger partial charge in [-0.05, 0) is 47.7 Å². The number of alkyl halides is 3. The van der Waals surface area contributed by atoms with Gasteiger partial charge in [-0.15, -0.1) is 0 Å². The Hall–Kier alpha value is -1.52. The third-order valence-corrected chi connectivity index (χ3v) is 3.35. The Morgan fingerprint density at radius 2 is 1.62 bits per heavy atom. The molecule has 0 atom stereocenters. The average Bonchev–Trinajstić information content (AvgIpc) is 2.44. The highest BCUT2D eigenvalue weighted by Crippen LogP contribution is 2.34. The highest BCUT2D eigenvalue weighted by molar-refractivity contribution is 6.31. The molecule has 0 saturated heterocycles. The van der Waals surface area contributed by atoms with Gasteiger partial charge < -0.3 is 5.11 Å². The average molecular weight is 315 g/mol. The van der Waals surface area contributed by atoms with Crippen molar-refractivity contribution in [3.05, 3.63) is 58.6 Å². The summed E-state index contributed by atoms with van der Waals surface area (Å²) in [5.41, 5.74) is 1.39. The van der Waals surface area contributed by atoms with Crippen LogP contribution in [0.3, 0.4) is 0 Å². The van der Waals surface area contributed by atoms with E-state index in [1.165, 1.54) is 6.07 Å². The van der Waals surface area contributed by atoms with E-state index in [4.69, 9.17) is 16.7 Å².